The summed E-state index contributed by atoms with van der Waals surface area (Å²) in [5.74, 6) is 0. The van der Waals surface area contributed by atoms with Gasteiger partial charge in [-0.3, -0.25) is 5.26 Å². The molecular formula is C6H12O7. The molecule has 0 radical (unpaired) electrons. The second-order valence-electron chi connectivity index (χ2n) is 2.80. The summed E-state index contributed by atoms with van der Waals surface area (Å²) < 4.78 is 4.63. The highest BCUT2D eigenvalue weighted by Gasteiger charge is 2.44. The molecule has 1 fully saturated rings. The molecule has 1 unspecified atom stereocenters. The van der Waals surface area contributed by atoms with Crippen LogP contribution in [-0.4, -0.2) is 63.0 Å². The smallest absolute Gasteiger partial charge is 0.187 e. The first-order valence-corrected chi connectivity index (χ1v) is 3.72. The monoisotopic (exact) mass is 196 g/mol. The van der Waals surface area contributed by atoms with E-state index in [0.29, 0.717) is 0 Å². The van der Waals surface area contributed by atoms with E-state index in [-0.39, 0.29) is 0 Å². The molecule has 7 heteroatoms. The molecule has 1 aliphatic rings. The minimum absolute atomic E-state index is 0.548. The molecular weight excluding hydrogens is 184 g/mol. The van der Waals surface area contributed by atoms with Gasteiger partial charge in [-0.1, -0.05) is 0 Å². The summed E-state index contributed by atoms with van der Waals surface area (Å²) in [5, 5.41) is 44.4. The van der Waals surface area contributed by atoms with E-state index in [1.807, 2.05) is 0 Å². The van der Waals surface area contributed by atoms with Gasteiger partial charge in [-0.2, -0.15) is 0 Å². The zero-order valence-corrected chi connectivity index (χ0v) is 6.65. The molecule has 1 heterocycles. The molecule has 13 heavy (non-hydrogen) atoms. The first-order valence-electron chi connectivity index (χ1n) is 3.72. The molecule has 0 spiro atoms. The van der Waals surface area contributed by atoms with Gasteiger partial charge in [0.1, 0.15) is 18.3 Å². The minimum Gasteiger partial charge on any atom is -0.394 e. The van der Waals surface area contributed by atoms with Crippen LogP contribution in [0.15, 0.2) is 0 Å². The SMILES string of the molecule is OC[C@H]1OC(O)[C@H](OO)[C@@H](O)[C@@H]1O. The fraction of sp³-hybridized carbons (Fsp3) is 1.00. The Balaban J connectivity index is 2.66. The molecule has 0 aliphatic carbocycles. The third kappa shape index (κ3) is 1.97. The van der Waals surface area contributed by atoms with E-state index < -0.39 is 37.3 Å². The van der Waals surface area contributed by atoms with Gasteiger partial charge >= 0.3 is 0 Å². The number of rotatable bonds is 2. The van der Waals surface area contributed by atoms with Gasteiger partial charge in [0.25, 0.3) is 0 Å². The molecule has 7 nitrogen and oxygen atoms in total. The maximum absolute atomic E-state index is 9.22. The average molecular weight is 196 g/mol. The van der Waals surface area contributed by atoms with Gasteiger partial charge < -0.3 is 25.2 Å². The first-order chi connectivity index (χ1) is 6.11. The highest BCUT2D eigenvalue weighted by atomic mass is 17.1. The van der Waals surface area contributed by atoms with Crippen molar-refractivity contribution in [2.75, 3.05) is 6.61 Å². The van der Waals surface area contributed by atoms with Crippen LogP contribution in [0.5, 0.6) is 0 Å². The Morgan fingerprint density at radius 1 is 1.15 bits per heavy atom. The third-order valence-electron chi connectivity index (χ3n) is 1.96. The standard InChI is InChI=1S/C6H12O7/c7-1-2-3(8)4(9)5(13-11)6(10)12-2/h2-11H,1H2/t2-,3-,4+,5-,6?/m1/s1. The van der Waals surface area contributed by atoms with Gasteiger partial charge in [-0.05, 0) is 0 Å². The van der Waals surface area contributed by atoms with Crippen LogP contribution in [0.1, 0.15) is 0 Å². The summed E-state index contributed by atoms with van der Waals surface area (Å²) in [4.78, 5) is 3.71. The molecule has 5 atom stereocenters. The Kier molecular flexibility index (Phi) is 3.56. The lowest BCUT2D eigenvalue weighted by atomic mass is 9.99. The quantitative estimate of drug-likeness (QED) is 0.240. The largest absolute Gasteiger partial charge is 0.394 e. The van der Waals surface area contributed by atoms with Gasteiger partial charge in [0, 0.05) is 0 Å². The van der Waals surface area contributed by atoms with Gasteiger partial charge in [0.2, 0.25) is 0 Å². The van der Waals surface area contributed by atoms with Crippen molar-refractivity contribution in [2.24, 2.45) is 0 Å². The molecule has 0 amide bonds. The van der Waals surface area contributed by atoms with Crippen molar-refractivity contribution in [2.45, 2.75) is 30.7 Å². The molecule has 1 rings (SSSR count). The predicted molar refractivity (Wildman–Crippen MR) is 37.5 cm³/mol. The van der Waals surface area contributed by atoms with Crippen LogP contribution in [-0.2, 0) is 9.62 Å². The second-order valence-corrected chi connectivity index (χ2v) is 2.80. The topological polar surface area (TPSA) is 120 Å². The van der Waals surface area contributed by atoms with Crippen LogP contribution < -0.4 is 0 Å². The van der Waals surface area contributed by atoms with Crippen molar-refractivity contribution in [3.63, 3.8) is 0 Å². The predicted octanol–water partition coefficient (Wildman–Crippen LogP) is -2.72. The fourth-order valence-electron chi connectivity index (χ4n) is 1.19. The van der Waals surface area contributed by atoms with E-state index in [2.05, 4.69) is 9.62 Å². The zero-order valence-electron chi connectivity index (χ0n) is 6.65. The van der Waals surface area contributed by atoms with E-state index >= 15 is 0 Å². The number of hydrogen-bond donors (Lipinski definition) is 5. The molecule has 78 valence electrons. The normalized spacial score (nSPS) is 46.4. The number of hydrogen-bond acceptors (Lipinski definition) is 7. The van der Waals surface area contributed by atoms with Crippen molar-refractivity contribution in [3.05, 3.63) is 0 Å². The van der Waals surface area contributed by atoms with E-state index in [9.17, 15) is 10.2 Å². The molecule has 0 aromatic rings. The van der Waals surface area contributed by atoms with Crippen molar-refractivity contribution in [3.8, 4) is 0 Å². The summed E-state index contributed by atoms with van der Waals surface area (Å²) in [6, 6.07) is 0. The zero-order chi connectivity index (χ0) is 10.0. The van der Waals surface area contributed by atoms with Crippen LogP contribution >= 0.6 is 0 Å². The average Bonchev–Trinajstić information content (AvgIpc) is 2.12. The van der Waals surface area contributed by atoms with E-state index in [1.54, 1.807) is 0 Å². The molecule has 0 aromatic carbocycles. The lowest BCUT2D eigenvalue weighted by molar-refractivity contribution is -0.381. The number of aliphatic hydroxyl groups is 4. The number of ether oxygens (including phenoxy) is 1. The molecule has 1 saturated heterocycles. The summed E-state index contributed by atoms with van der Waals surface area (Å²) in [7, 11) is 0. The molecule has 5 N–H and O–H groups in total. The van der Waals surface area contributed by atoms with Crippen LogP contribution in [0, 0.1) is 0 Å². The minimum atomic E-state index is -1.58. The van der Waals surface area contributed by atoms with Crippen molar-refractivity contribution in [1.82, 2.24) is 0 Å². The van der Waals surface area contributed by atoms with Crippen LogP contribution in [0.4, 0.5) is 0 Å². The summed E-state index contributed by atoms with van der Waals surface area (Å²) in [6.07, 6.45) is -7.02. The highest BCUT2D eigenvalue weighted by Crippen LogP contribution is 2.21. The Hall–Kier alpha value is -0.280. The lowest BCUT2D eigenvalue weighted by Gasteiger charge is -2.38. The van der Waals surface area contributed by atoms with Crippen molar-refractivity contribution >= 4 is 0 Å². The summed E-state index contributed by atoms with van der Waals surface area (Å²) >= 11 is 0. The maximum atomic E-state index is 9.22. The molecule has 0 saturated carbocycles. The van der Waals surface area contributed by atoms with E-state index in [1.165, 1.54) is 0 Å². The molecule has 0 aromatic heterocycles. The van der Waals surface area contributed by atoms with Crippen LogP contribution in [0.25, 0.3) is 0 Å². The Bertz CT molecular complexity index is 163. The fourth-order valence-corrected chi connectivity index (χ4v) is 1.19. The van der Waals surface area contributed by atoms with Gasteiger partial charge in [0.05, 0.1) is 6.61 Å². The first kappa shape index (κ1) is 10.8. The van der Waals surface area contributed by atoms with Crippen LogP contribution in [0.3, 0.4) is 0 Å². The summed E-state index contributed by atoms with van der Waals surface area (Å²) in [5.41, 5.74) is 0. The highest BCUT2D eigenvalue weighted by molar-refractivity contribution is 4.88. The van der Waals surface area contributed by atoms with Crippen molar-refractivity contribution in [1.29, 1.82) is 0 Å². The Morgan fingerprint density at radius 2 is 1.77 bits per heavy atom. The lowest BCUT2D eigenvalue weighted by Crippen LogP contribution is -2.59. The van der Waals surface area contributed by atoms with Gasteiger partial charge in [-0.15, -0.1) is 0 Å². The number of aliphatic hydroxyl groups excluding tert-OH is 4. The van der Waals surface area contributed by atoms with Crippen LogP contribution in [0.2, 0.25) is 0 Å². The van der Waals surface area contributed by atoms with Gasteiger partial charge in [-0.25, -0.2) is 4.89 Å². The third-order valence-corrected chi connectivity index (χ3v) is 1.96. The Labute approximate surface area is 73.7 Å². The van der Waals surface area contributed by atoms with E-state index in [0.717, 1.165) is 0 Å². The van der Waals surface area contributed by atoms with E-state index in [4.69, 9.17) is 15.5 Å². The summed E-state index contributed by atoms with van der Waals surface area (Å²) in [6.45, 7) is -0.548. The van der Waals surface area contributed by atoms with Gasteiger partial charge in [0.15, 0.2) is 12.4 Å². The Morgan fingerprint density at radius 3 is 2.23 bits per heavy atom. The molecule has 1 aliphatic heterocycles. The van der Waals surface area contributed by atoms with Crippen molar-refractivity contribution < 1.29 is 35.3 Å². The second kappa shape index (κ2) is 4.29. The molecule has 0 bridgehead atoms. The maximum Gasteiger partial charge on any atom is 0.187 e.